The Labute approximate surface area is 125 Å². The number of aliphatic hydroxyl groups is 1. The van der Waals surface area contributed by atoms with Gasteiger partial charge in [0.05, 0.1) is 18.0 Å². The number of alkyl halides is 2. The minimum atomic E-state index is -2.63. The van der Waals surface area contributed by atoms with Crippen LogP contribution in [0, 0.1) is 0 Å². The Kier molecular flexibility index (Phi) is 7.84. The standard InChI is InChI=1S/C13H18F2N2O3S/c14-11(15)9-17(6-7-18)12(19)4-1-5-16-13(20)10-3-2-8-21-10/h2-3,8,11,18H,1,4-7,9H2,(H,16,20). The summed E-state index contributed by atoms with van der Waals surface area (Å²) in [7, 11) is 0. The second-order valence-corrected chi connectivity index (χ2v) is 5.24. The highest BCUT2D eigenvalue weighted by molar-refractivity contribution is 7.12. The quantitative estimate of drug-likeness (QED) is 0.675. The van der Waals surface area contributed by atoms with Crippen LogP contribution in [0.1, 0.15) is 22.5 Å². The van der Waals surface area contributed by atoms with E-state index >= 15 is 0 Å². The summed E-state index contributed by atoms with van der Waals surface area (Å²) < 4.78 is 24.6. The normalized spacial score (nSPS) is 10.7. The molecule has 0 aliphatic heterocycles. The number of aliphatic hydroxyl groups excluding tert-OH is 1. The topological polar surface area (TPSA) is 69.6 Å². The first-order valence-corrected chi connectivity index (χ1v) is 7.41. The Morgan fingerprint density at radius 3 is 2.76 bits per heavy atom. The van der Waals surface area contributed by atoms with Crippen LogP contribution in [-0.4, -0.2) is 54.5 Å². The number of nitrogens with zero attached hydrogens (tertiary/aromatic N) is 1. The summed E-state index contributed by atoms with van der Waals surface area (Å²) in [6, 6.07) is 3.46. The highest BCUT2D eigenvalue weighted by Gasteiger charge is 2.17. The fourth-order valence-electron chi connectivity index (χ4n) is 1.70. The van der Waals surface area contributed by atoms with E-state index in [2.05, 4.69) is 5.32 Å². The zero-order valence-corrected chi connectivity index (χ0v) is 12.2. The van der Waals surface area contributed by atoms with E-state index in [4.69, 9.17) is 5.11 Å². The molecule has 1 heterocycles. The van der Waals surface area contributed by atoms with Crippen molar-refractivity contribution in [2.24, 2.45) is 0 Å². The summed E-state index contributed by atoms with van der Waals surface area (Å²) in [4.78, 5) is 24.8. The molecule has 0 radical (unpaired) electrons. The van der Waals surface area contributed by atoms with Gasteiger partial charge in [0, 0.05) is 19.5 Å². The molecule has 0 aromatic carbocycles. The van der Waals surface area contributed by atoms with Crippen molar-refractivity contribution in [2.45, 2.75) is 19.3 Å². The fourth-order valence-corrected chi connectivity index (χ4v) is 2.34. The third kappa shape index (κ3) is 6.63. The van der Waals surface area contributed by atoms with Gasteiger partial charge in [-0.25, -0.2) is 8.78 Å². The molecule has 2 N–H and O–H groups in total. The van der Waals surface area contributed by atoms with Gasteiger partial charge < -0.3 is 15.3 Å². The Hall–Kier alpha value is -1.54. The van der Waals surface area contributed by atoms with Crippen molar-refractivity contribution in [2.75, 3.05) is 26.2 Å². The number of thiophene rings is 1. The minimum absolute atomic E-state index is 0.0530. The van der Waals surface area contributed by atoms with Crippen LogP contribution in [0.2, 0.25) is 0 Å². The Balaban J connectivity index is 2.26. The number of carbonyl (C=O) groups is 2. The molecule has 0 saturated carbocycles. The number of halogens is 2. The highest BCUT2D eigenvalue weighted by Crippen LogP contribution is 2.08. The fraction of sp³-hybridized carbons (Fsp3) is 0.538. The SMILES string of the molecule is O=C(NCCCC(=O)N(CCO)CC(F)F)c1cccs1. The van der Waals surface area contributed by atoms with Gasteiger partial charge in [-0.1, -0.05) is 6.07 Å². The average Bonchev–Trinajstić information content (AvgIpc) is 2.96. The van der Waals surface area contributed by atoms with Crippen LogP contribution in [-0.2, 0) is 4.79 Å². The van der Waals surface area contributed by atoms with Gasteiger partial charge in [-0.2, -0.15) is 0 Å². The summed E-state index contributed by atoms with van der Waals surface area (Å²) in [5, 5.41) is 13.2. The van der Waals surface area contributed by atoms with Gasteiger partial charge in [0.15, 0.2) is 0 Å². The average molecular weight is 320 g/mol. The van der Waals surface area contributed by atoms with Gasteiger partial charge in [0.2, 0.25) is 5.91 Å². The van der Waals surface area contributed by atoms with Crippen LogP contribution in [0.15, 0.2) is 17.5 Å². The maximum absolute atomic E-state index is 12.3. The van der Waals surface area contributed by atoms with Crippen molar-refractivity contribution in [1.82, 2.24) is 10.2 Å². The lowest BCUT2D eigenvalue weighted by molar-refractivity contribution is -0.133. The Morgan fingerprint density at radius 2 is 2.19 bits per heavy atom. The van der Waals surface area contributed by atoms with E-state index in [0.717, 1.165) is 4.90 Å². The minimum Gasteiger partial charge on any atom is -0.395 e. The van der Waals surface area contributed by atoms with Gasteiger partial charge in [-0.3, -0.25) is 9.59 Å². The molecule has 8 heteroatoms. The second kappa shape index (κ2) is 9.41. The van der Waals surface area contributed by atoms with E-state index in [0.29, 0.717) is 17.8 Å². The van der Waals surface area contributed by atoms with E-state index in [1.165, 1.54) is 11.3 Å². The third-order valence-electron chi connectivity index (χ3n) is 2.68. The van der Waals surface area contributed by atoms with Crippen LogP contribution >= 0.6 is 11.3 Å². The number of hydrogen-bond acceptors (Lipinski definition) is 4. The molecular weight excluding hydrogens is 302 g/mol. The van der Waals surface area contributed by atoms with Gasteiger partial charge >= 0.3 is 0 Å². The van der Waals surface area contributed by atoms with Gasteiger partial charge in [-0.15, -0.1) is 11.3 Å². The zero-order valence-electron chi connectivity index (χ0n) is 11.4. The molecule has 0 aliphatic carbocycles. The van der Waals surface area contributed by atoms with Crippen molar-refractivity contribution >= 4 is 23.2 Å². The maximum atomic E-state index is 12.3. The highest BCUT2D eigenvalue weighted by atomic mass is 32.1. The predicted octanol–water partition coefficient (Wildman–Crippen LogP) is 1.34. The Morgan fingerprint density at radius 1 is 1.43 bits per heavy atom. The van der Waals surface area contributed by atoms with Crippen molar-refractivity contribution < 1.29 is 23.5 Å². The molecule has 21 heavy (non-hydrogen) atoms. The zero-order chi connectivity index (χ0) is 15.7. The van der Waals surface area contributed by atoms with Gasteiger partial charge in [0.1, 0.15) is 0 Å². The monoisotopic (exact) mass is 320 g/mol. The van der Waals surface area contributed by atoms with Gasteiger partial charge in [0.25, 0.3) is 12.3 Å². The lowest BCUT2D eigenvalue weighted by Crippen LogP contribution is -2.37. The van der Waals surface area contributed by atoms with Crippen LogP contribution < -0.4 is 5.32 Å². The summed E-state index contributed by atoms with van der Waals surface area (Å²) in [6.07, 6.45) is -2.21. The van der Waals surface area contributed by atoms with Crippen LogP contribution in [0.25, 0.3) is 0 Å². The first-order valence-electron chi connectivity index (χ1n) is 6.53. The van der Waals surface area contributed by atoms with Crippen molar-refractivity contribution in [1.29, 1.82) is 0 Å². The van der Waals surface area contributed by atoms with Crippen molar-refractivity contribution in [3.05, 3.63) is 22.4 Å². The molecule has 2 amide bonds. The van der Waals surface area contributed by atoms with E-state index in [1.54, 1.807) is 17.5 Å². The lowest BCUT2D eigenvalue weighted by Gasteiger charge is -2.21. The number of rotatable bonds is 9. The maximum Gasteiger partial charge on any atom is 0.261 e. The first kappa shape index (κ1) is 17.5. The van der Waals surface area contributed by atoms with Gasteiger partial charge in [-0.05, 0) is 17.9 Å². The lowest BCUT2D eigenvalue weighted by atomic mass is 10.2. The Bertz CT molecular complexity index is 441. The molecule has 0 bridgehead atoms. The number of hydrogen-bond donors (Lipinski definition) is 2. The molecule has 5 nitrogen and oxygen atoms in total. The molecular formula is C13H18F2N2O3S. The molecule has 0 aliphatic rings. The van der Waals surface area contributed by atoms with Crippen LogP contribution in [0.5, 0.6) is 0 Å². The van der Waals surface area contributed by atoms with E-state index in [9.17, 15) is 18.4 Å². The summed E-state index contributed by atoms with van der Waals surface area (Å²) in [5.41, 5.74) is 0. The predicted molar refractivity (Wildman–Crippen MR) is 75.6 cm³/mol. The molecule has 118 valence electrons. The third-order valence-corrected chi connectivity index (χ3v) is 3.55. The molecule has 1 rings (SSSR count). The molecule has 0 atom stereocenters. The van der Waals surface area contributed by atoms with E-state index < -0.39 is 18.9 Å². The molecule has 0 fully saturated rings. The van der Waals surface area contributed by atoms with Crippen molar-refractivity contribution in [3.8, 4) is 0 Å². The summed E-state index contributed by atoms with van der Waals surface area (Å²) >= 11 is 1.32. The summed E-state index contributed by atoms with van der Waals surface area (Å²) in [5.74, 6) is -0.660. The van der Waals surface area contributed by atoms with E-state index in [1.807, 2.05) is 0 Å². The van der Waals surface area contributed by atoms with Crippen LogP contribution in [0.4, 0.5) is 8.78 Å². The molecule has 0 spiro atoms. The number of nitrogens with one attached hydrogen (secondary N) is 1. The smallest absolute Gasteiger partial charge is 0.261 e. The molecule has 1 aromatic rings. The number of amides is 2. The first-order chi connectivity index (χ1) is 10.0. The van der Waals surface area contributed by atoms with Crippen molar-refractivity contribution in [3.63, 3.8) is 0 Å². The van der Waals surface area contributed by atoms with Crippen LogP contribution in [0.3, 0.4) is 0 Å². The second-order valence-electron chi connectivity index (χ2n) is 4.29. The summed E-state index contributed by atoms with van der Waals surface area (Å²) in [6.45, 7) is -0.844. The van der Waals surface area contributed by atoms with E-state index in [-0.39, 0.29) is 25.5 Å². The number of carbonyl (C=O) groups excluding carboxylic acids is 2. The molecule has 0 unspecified atom stereocenters. The largest absolute Gasteiger partial charge is 0.395 e. The molecule has 1 aromatic heterocycles. The molecule has 0 saturated heterocycles.